The van der Waals surface area contributed by atoms with E-state index in [1.165, 1.54) is 77.0 Å². The number of likely N-dealkylation sites (tertiary alicyclic amines) is 3. The second kappa shape index (κ2) is 21.1. The van der Waals surface area contributed by atoms with Crippen LogP contribution in [-0.4, -0.2) is 110 Å². The second-order valence-corrected chi connectivity index (χ2v) is 13.6. The molecule has 0 aromatic heterocycles. The van der Waals surface area contributed by atoms with Crippen molar-refractivity contribution in [1.82, 2.24) is 25.3 Å². The summed E-state index contributed by atoms with van der Waals surface area (Å²) in [4.78, 5) is 42.5. The van der Waals surface area contributed by atoms with Crippen LogP contribution >= 0.6 is 0 Å². The number of carboxylic acids is 1. The zero-order valence-corrected chi connectivity index (χ0v) is 27.3. The fourth-order valence-corrected chi connectivity index (χ4v) is 7.18. The number of piperidine rings is 3. The standard InChI is InChI=1S/C34H63N5O4/c1-2-3-6-29-9-20-37(21-10-29)26-15-32(40)35-18-5-19-36-33(41)16-27-38-22-11-30(12-23-38)7-4-8-31-13-24-39(25-14-31)28-17-34(42)43/h29-31H,2-28H2,1H3,(H,35,40)(H,36,41)(H,42,43). The maximum atomic E-state index is 12.3. The number of nitrogens with one attached hydrogen (secondary N) is 2. The van der Waals surface area contributed by atoms with Gasteiger partial charge in [-0.2, -0.15) is 0 Å². The van der Waals surface area contributed by atoms with Gasteiger partial charge in [0.1, 0.15) is 0 Å². The van der Waals surface area contributed by atoms with E-state index < -0.39 is 5.97 Å². The normalized spacial score (nSPS) is 20.3. The number of unbranched alkanes of at least 4 members (excludes halogenated alkanes) is 1. The van der Waals surface area contributed by atoms with Crippen molar-refractivity contribution in [2.75, 3.05) is 72.0 Å². The summed E-state index contributed by atoms with van der Waals surface area (Å²) in [5, 5.41) is 14.9. The lowest BCUT2D eigenvalue weighted by molar-refractivity contribution is -0.137. The number of carboxylic acid groups (broad SMARTS) is 1. The van der Waals surface area contributed by atoms with Crippen molar-refractivity contribution in [2.24, 2.45) is 17.8 Å². The number of amides is 2. The van der Waals surface area contributed by atoms with Gasteiger partial charge in [-0.25, -0.2) is 0 Å². The molecule has 0 atom stereocenters. The summed E-state index contributed by atoms with van der Waals surface area (Å²) in [6.07, 6.45) is 17.6. The third kappa shape index (κ3) is 15.7. The molecule has 9 nitrogen and oxygen atoms in total. The molecule has 3 rings (SSSR count). The van der Waals surface area contributed by atoms with E-state index in [0.29, 0.717) is 32.5 Å². The molecular weight excluding hydrogens is 542 g/mol. The summed E-state index contributed by atoms with van der Waals surface area (Å²) < 4.78 is 0. The van der Waals surface area contributed by atoms with Gasteiger partial charge < -0.3 is 30.4 Å². The van der Waals surface area contributed by atoms with Crippen LogP contribution in [0.3, 0.4) is 0 Å². The Morgan fingerprint density at radius 2 is 0.953 bits per heavy atom. The van der Waals surface area contributed by atoms with E-state index in [9.17, 15) is 14.4 Å². The van der Waals surface area contributed by atoms with E-state index >= 15 is 0 Å². The molecule has 3 N–H and O–H groups in total. The Morgan fingerprint density at radius 3 is 1.33 bits per heavy atom. The van der Waals surface area contributed by atoms with E-state index in [0.717, 1.165) is 76.5 Å². The summed E-state index contributed by atoms with van der Waals surface area (Å²) in [5.74, 6) is 2.05. The lowest BCUT2D eigenvalue weighted by Crippen LogP contribution is -2.38. The summed E-state index contributed by atoms with van der Waals surface area (Å²) in [5.41, 5.74) is 0. The van der Waals surface area contributed by atoms with Crippen LogP contribution in [0, 0.1) is 17.8 Å². The minimum atomic E-state index is -0.695. The molecule has 3 fully saturated rings. The van der Waals surface area contributed by atoms with Crippen molar-refractivity contribution >= 4 is 17.8 Å². The lowest BCUT2D eigenvalue weighted by Gasteiger charge is -2.33. The van der Waals surface area contributed by atoms with Gasteiger partial charge in [0.05, 0.1) is 6.42 Å². The Labute approximate surface area is 261 Å². The Bertz CT molecular complexity index is 788. The molecule has 248 valence electrons. The number of carbonyl (C=O) groups excluding carboxylic acids is 2. The van der Waals surface area contributed by atoms with Crippen LogP contribution in [0.5, 0.6) is 0 Å². The maximum absolute atomic E-state index is 12.3. The van der Waals surface area contributed by atoms with Crippen LogP contribution in [0.2, 0.25) is 0 Å². The first-order chi connectivity index (χ1) is 20.9. The predicted molar refractivity (Wildman–Crippen MR) is 173 cm³/mol. The van der Waals surface area contributed by atoms with Crippen molar-refractivity contribution in [1.29, 1.82) is 0 Å². The van der Waals surface area contributed by atoms with Crippen molar-refractivity contribution < 1.29 is 19.5 Å². The first-order valence-electron chi connectivity index (χ1n) is 17.8. The molecule has 0 spiro atoms. The molecule has 0 bridgehead atoms. The molecule has 0 aromatic rings. The highest BCUT2D eigenvalue weighted by Gasteiger charge is 2.23. The highest BCUT2D eigenvalue weighted by Crippen LogP contribution is 2.27. The van der Waals surface area contributed by atoms with E-state index in [2.05, 4.69) is 32.3 Å². The highest BCUT2D eigenvalue weighted by molar-refractivity contribution is 5.76. The van der Waals surface area contributed by atoms with Gasteiger partial charge in [-0.15, -0.1) is 0 Å². The van der Waals surface area contributed by atoms with Gasteiger partial charge >= 0.3 is 5.97 Å². The van der Waals surface area contributed by atoms with Crippen LogP contribution in [0.15, 0.2) is 0 Å². The second-order valence-electron chi connectivity index (χ2n) is 13.6. The fourth-order valence-electron chi connectivity index (χ4n) is 7.18. The van der Waals surface area contributed by atoms with E-state index in [-0.39, 0.29) is 18.2 Å². The van der Waals surface area contributed by atoms with Gasteiger partial charge in [0.2, 0.25) is 11.8 Å². The molecule has 9 heteroatoms. The number of aliphatic carboxylic acids is 1. The van der Waals surface area contributed by atoms with E-state index in [1.54, 1.807) is 0 Å². The van der Waals surface area contributed by atoms with Gasteiger partial charge in [-0.3, -0.25) is 14.4 Å². The molecule has 0 saturated carbocycles. The average molecular weight is 606 g/mol. The Morgan fingerprint density at radius 1 is 0.581 bits per heavy atom. The average Bonchev–Trinajstić information content (AvgIpc) is 3.02. The van der Waals surface area contributed by atoms with Crippen LogP contribution in [0.25, 0.3) is 0 Å². The maximum Gasteiger partial charge on any atom is 0.304 e. The number of rotatable bonds is 20. The minimum Gasteiger partial charge on any atom is -0.481 e. The van der Waals surface area contributed by atoms with Crippen LogP contribution in [0.1, 0.15) is 110 Å². The van der Waals surface area contributed by atoms with Gasteiger partial charge in [0, 0.05) is 45.6 Å². The van der Waals surface area contributed by atoms with Crippen molar-refractivity contribution in [3.63, 3.8) is 0 Å². The first-order valence-corrected chi connectivity index (χ1v) is 17.8. The lowest BCUT2D eigenvalue weighted by atomic mass is 9.87. The predicted octanol–water partition coefficient (Wildman–Crippen LogP) is 4.36. The largest absolute Gasteiger partial charge is 0.481 e. The first kappa shape index (κ1) is 35.8. The Hall–Kier alpha value is -1.71. The molecule has 0 aromatic carbocycles. The van der Waals surface area contributed by atoms with Crippen molar-refractivity contribution in [2.45, 2.75) is 110 Å². The summed E-state index contributed by atoms with van der Waals surface area (Å²) in [6, 6.07) is 0. The smallest absolute Gasteiger partial charge is 0.304 e. The quantitative estimate of drug-likeness (QED) is 0.177. The Balaban J connectivity index is 1.10. The molecule has 0 radical (unpaired) electrons. The highest BCUT2D eigenvalue weighted by atomic mass is 16.4. The molecule has 3 heterocycles. The molecule has 0 unspecified atom stereocenters. The summed E-state index contributed by atoms with van der Waals surface area (Å²) >= 11 is 0. The van der Waals surface area contributed by atoms with Gasteiger partial charge in [0.15, 0.2) is 0 Å². The third-order valence-corrected chi connectivity index (χ3v) is 10.3. The number of hydrogen-bond donors (Lipinski definition) is 3. The molecule has 3 aliphatic heterocycles. The van der Waals surface area contributed by atoms with Crippen LogP contribution < -0.4 is 10.6 Å². The monoisotopic (exact) mass is 605 g/mol. The zero-order chi connectivity index (χ0) is 30.7. The topological polar surface area (TPSA) is 105 Å². The van der Waals surface area contributed by atoms with Crippen LogP contribution in [-0.2, 0) is 14.4 Å². The minimum absolute atomic E-state index is 0.116. The molecule has 3 aliphatic rings. The van der Waals surface area contributed by atoms with Crippen LogP contribution in [0.4, 0.5) is 0 Å². The molecule has 43 heavy (non-hydrogen) atoms. The number of nitrogens with zero attached hydrogens (tertiary/aromatic N) is 3. The zero-order valence-electron chi connectivity index (χ0n) is 27.3. The number of hydrogen-bond acceptors (Lipinski definition) is 6. The summed E-state index contributed by atoms with van der Waals surface area (Å²) in [7, 11) is 0. The van der Waals surface area contributed by atoms with Gasteiger partial charge in [0.25, 0.3) is 0 Å². The summed E-state index contributed by atoms with van der Waals surface area (Å²) in [6.45, 7) is 12.5. The SMILES string of the molecule is CCCCC1CCN(CCC(=O)NCCCNC(=O)CCN2CCC(CCCC3CCN(CCC(=O)O)CC3)CC2)CC1. The van der Waals surface area contributed by atoms with Crippen molar-refractivity contribution in [3.05, 3.63) is 0 Å². The van der Waals surface area contributed by atoms with E-state index in [4.69, 9.17) is 5.11 Å². The molecule has 2 amide bonds. The third-order valence-electron chi connectivity index (χ3n) is 10.3. The molecule has 0 aliphatic carbocycles. The molecule has 3 saturated heterocycles. The van der Waals surface area contributed by atoms with Gasteiger partial charge in [-0.1, -0.05) is 45.4 Å². The molecular formula is C34H63N5O4. The van der Waals surface area contributed by atoms with E-state index in [1.807, 2.05) is 0 Å². The van der Waals surface area contributed by atoms with Gasteiger partial charge in [-0.05, 0) is 102 Å². The Kier molecular flexibility index (Phi) is 17.6. The van der Waals surface area contributed by atoms with Crippen molar-refractivity contribution in [3.8, 4) is 0 Å². The fraction of sp³-hybridized carbons (Fsp3) is 0.912. The number of carbonyl (C=O) groups is 3.